The zero-order chi connectivity index (χ0) is 20.1. The summed E-state index contributed by atoms with van der Waals surface area (Å²) in [5, 5.41) is 3.18. The quantitative estimate of drug-likeness (QED) is 0.745. The third-order valence-corrected chi connectivity index (χ3v) is 4.66. The summed E-state index contributed by atoms with van der Waals surface area (Å²) in [6.45, 7) is -1.52. The molecule has 0 bridgehead atoms. The lowest BCUT2D eigenvalue weighted by molar-refractivity contribution is -0.0511. The molecular formula is C19H20ClF2N3O3. The van der Waals surface area contributed by atoms with Gasteiger partial charge >= 0.3 is 6.61 Å². The number of pyridine rings is 1. The SMILES string of the molecule is COc1ccc(Nc2ncc(C(=O)N3CCCCC3)cc2Cl)cc1OC(F)F. The van der Waals surface area contributed by atoms with E-state index in [-0.39, 0.29) is 22.4 Å². The highest BCUT2D eigenvalue weighted by Crippen LogP contribution is 2.33. The minimum Gasteiger partial charge on any atom is -0.493 e. The topological polar surface area (TPSA) is 63.7 Å². The van der Waals surface area contributed by atoms with Gasteiger partial charge in [0.15, 0.2) is 11.5 Å². The number of carbonyl (C=O) groups excluding carboxylic acids is 1. The van der Waals surface area contributed by atoms with Crippen molar-refractivity contribution in [1.82, 2.24) is 9.88 Å². The van der Waals surface area contributed by atoms with Crippen LogP contribution < -0.4 is 14.8 Å². The van der Waals surface area contributed by atoms with Crippen molar-refractivity contribution < 1.29 is 23.0 Å². The molecule has 1 N–H and O–H groups in total. The summed E-state index contributed by atoms with van der Waals surface area (Å²) in [6, 6.07) is 6.01. The molecule has 9 heteroatoms. The molecule has 0 aliphatic carbocycles. The van der Waals surface area contributed by atoms with E-state index in [1.807, 2.05) is 0 Å². The Morgan fingerprint density at radius 3 is 2.61 bits per heavy atom. The van der Waals surface area contributed by atoms with E-state index in [2.05, 4.69) is 15.0 Å². The van der Waals surface area contributed by atoms with Gasteiger partial charge in [0.05, 0.1) is 17.7 Å². The van der Waals surface area contributed by atoms with Crippen molar-refractivity contribution in [1.29, 1.82) is 0 Å². The molecule has 1 aromatic carbocycles. The van der Waals surface area contributed by atoms with Gasteiger partial charge in [0.1, 0.15) is 5.82 Å². The number of piperidine rings is 1. The summed E-state index contributed by atoms with van der Waals surface area (Å²) in [4.78, 5) is 18.5. The van der Waals surface area contributed by atoms with Crippen molar-refractivity contribution in [2.45, 2.75) is 25.9 Å². The van der Waals surface area contributed by atoms with Crippen LogP contribution in [0.4, 0.5) is 20.3 Å². The van der Waals surface area contributed by atoms with Crippen molar-refractivity contribution in [2.24, 2.45) is 0 Å². The van der Waals surface area contributed by atoms with Gasteiger partial charge in [-0.3, -0.25) is 4.79 Å². The molecule has 0 atom stereocenters. The summed E-state index contributed by atoms with van der Waals surface area (Å²) >= 11 is 6.27. The molecule has 1 fully saturated rings. The van der Waals surface area contributed by atoms with Gasteiger partial charge in [0.2, 0.25) is 0 Å². The Labute approximate surface area is 166 Å². The average Bonchev–Trinajstić information content (AvgIpc) is 2.69. The van der Waals surface area contributed by atoms with Crippen LogP contribution in [0.15, 0.2) is 30.5 Å². The molecule has 1 saturated heterocycles. The van der Waals surface area contributed by atoms with Crippen LogP contribution in [-0.2, 0) is 0 Å². The molecule has 1 aliphatic rings. The number of methoxy groups -OCH3 is 1. The van der Waals surface area contributed by atoms with Crippen molar-refractivity contribution >= 4 is 29.0 Å². The minimum absolute atomic E-state index is 0.0993. The van der Waals surface area contributed by atoms with Crippen LogP contribution >= 0.6 is 11.6 Å². The van der Waals surface area contributed by atoms with Gasteiger partial charge in [-0.2, -0.15) is 8.78 Å². The van der Waals surface area contributed by atoms with E-state index in [0.717, 1.165) is 32.4 Å². The number of hydrogen-bond acceptors (Lipinski definition) is 5. The molecule has 6 nitrogen and oxygen atoms in total. The number of ether oxygens (including phenoxy) is 2. The molecule has 28 heavy (non-hydrogen) atoms. The molecule has 2 aromatic rings. The highest BCUT2D eigenvalue weighted by atomic mass is 35.5. The first-order valence-corrected chi connectivity index (χ1v) is 9.20. The number of rotatable bonds is 6. The van der Waals surface area contributed by atoms with Crippen LogP contribution in [-0.4, -0.2) is 42.6 Å². The van der Waals surface area contributed by atoms with Crippen molar-refractivity contribution in [3.05, 3.63) is 41.0 Å². The third-order valence-electron chi connectivity index (χ3n) is 4.37. The molecule has 1 aromatic heterocycles. The zero-order valence-corrected chi connectivity index (χ0v) is 16.0. The number of carbonyl (C=O) groups is 1. The molecule has 150 valence electrons. The lowest BCUT2D eigenvalue weighted by Gasteiger charge is -2.26. The maximum atomic E-state index is 12.6. The highest BCUT2D eigenvalue weighted by Gasteiger charge is 2.20. The maximum absolute atomic E-state index is 12.6. The Hall–Kier alpha value is -2.61. The van der Waals surface area contributed by atoms with E-state index < -0.39 is 6.61 Å². The smallest absolute Gasteiger partial charge is 0.387 e. The first kappa shape index (κ1) is 20.1. The Kier molecular flexibility index (Phi) is 6.51. The Morgan fingerprint density at radius 2 is 1.96 bits per heavy atom. The second-order valence-electron chi connectivity index (χ2n) is 6.28. The first-order valence-electron chi connectivity index (χ1n) is 8.82. The molecule has 1 amide bonds. The van der Waals surface area contributed by atoms with Crippen LogP contribution in [0.3, 0.4) is 0 Å². The molecule has 0 radical (unpaired) electrons. The number of likely N-dealkylation sites (tertiary alicyclic amines) is 1. The lowest BCUT2D eigenvalue weighted by atomic mass is 10.1. The van der Waals surface area contributed by atoms with E-state index in [1.54, 1.807) is 17.0 Å². The lowest BCUT2D eigenvalue weighted by Crippen LogP contribution is -2.35. The van der Waals surface area contributed by atoms with Crippen LogP contribution in [0.2, 0.25) is 5.02 Å². The zero-order valence-electron chi connectivity index (χ0n) is 15.3. The Morgan fingerprint density at radius 1 is 1.21 bits per heavy atom. The van der Waals surface area contributed by atoms with Gasteiger partial charge in [-0.25, -0.2) is 4.98 Å². The molecule has 1 aliphatic heterocycles. The maximum Gasteiger partial charge on any atom is 0.387 e. The van der Waals surface area contributed by atoms with Crippen LogP contribution in [0, 0.1) is 0 Å². The predicted molar refractivity (Wildman–Crippen MR) is 102 cm³/mol. The molecule has 0 saturated carbocycles. The third kappa shape index (κ3) is 4.81. The van der Waals surface area contributed by atoms with E-state index in [9.17, 15) is 13.6 Å². The Bertz CT molecular complexity index is 845. The van der Waals surface area contributed by atoms with E-state index in [4.69, 9.17) is 16.3 Å². The fraction of sp³-hybridized carbons (Fsp3) is 0.368. The van der Waals surface area contributed by atoms with Gasteiger partial charge < -0.3 is 19.7 Å². The van der Waals surface area contributed by atoms with Crippen LogP contribution in [0.1, 0.15) is 29.6 Å². The summed E-state index contributed by atoms with van der Waals surface area (Å²) in [6.07, 6.45) is 4.57. The average molecular weight is 412 g/mol. The van der Waals surface area contributed by atoms with Crippen LogP contribution in [0.25, 0.3) is 0 Å². The number of aromatic nitrogens is 1. The molecule has 2 heterocycles. The number of benzene rings is 1. The van der Waals surface area contributed by atoms with Gasteiger partial charge in [-0.05, 0) is 37.5 Å². The number of halogens is 3. The van der Waals surface area contributed by atoms with Crippen molar-refractivity contribution in [3.63, 3.8) is 0 Å². The number of nitrogens with zero attached hydrogens (tertiary/aromatic N) is 2. The van der Waals surface area contributed by atoms with Gasteiger partial charge in [0, 0.05) is 31.0 Å². The van der Waals surface area contributed by atoms with Crippen molar-refractivity contribution in [2.75, 3.05) is 25.5 Å². The largest absolute Gasteiger partial charge is 0.493 e. The standard InChI is InChI=1S/C19H20ClF2N3O3/c1-27-15-6-5-13(10-16(15)28-19(21)22)24-17-14(20)9-12(11-23-17)18(26)25-7-3-2-4-8-25/h5-6,9-11,19H,2-4,7-8H2,1H3,(H,23,24). The first-order chi connectivity index (χ1) is 13.5. The van der Waals surface area contributed by atoms with Gasteiger partial charge in [0.25, 0.3) is 5.91 Å². The summed E-state index contributed by atoms with van der Waals surface area (Å²) in [5.41, 5.74) is 0.842. The predicted octanol–water partition coefficient (Wildman–Crippen LogP) is 4.71. The summed E-state index contributed by atoms with van der Waals surface area (Å²) < 4.78 is 34.6. The fourth-order valence-corrected chi connectivity index (χ4v) is 3.22. The molecule has 0 spiro atoms. The normalized spacial score (nSPS) is 14.1. The summed E-state index contributed by atoms with van der Waals surface area (Å²) in [7, 11) is 1.36. The van der Waals surface area contributed by atoms with Crippen molar-refractivity contribution in [3.8, 4) is 11.5 Å². The monoisotopic (exact) mass is 411 g/mol. The molecule has 0 unspecified atom stereocenters. The Balaban J connectivity index is 1.76. The highest BCUT2D eigenvalue weighted by molar-refractivity contribution is 6.33. The molecular weight excluding hydrogens is 392 g/mol. The second-order valence-corrected chi connectivity index (χ2v) is 6.68. The summed E-state index contributed by atoms with van der Waals surface area (Å²) in [5.74, 6) is 0.255. The van der Waals surface area contributed by atoms with E-state index >= 15 is 0 Å². The number of amides is 1. The number of hydrogen-bond donors (Lipinski definition) is 1. The minimum atomic E-state index is -2.98. The number of alkyl halides is 2. The fourth-order valence-electron chi connectivity index (χ4n) is 3.01. The van der Waals surface area contributed by atoms with Gasteiger partial charge in [-0.15, -0.1) is 0 Å². The molecule has 3 rings (SSSR count). The van der Waals surface area contributed by atoms with Crippen LogP contribution in [0.5, 0.6) is 11.5 Å². The van der Waals surface area contributed by atoms with E-state index in [1.165, 1.54) is 25.4 Å². The second kappa shape index (κ2) is 9.05. The number of nitrogens with one attached hydrogen (secondary N) is 1. The van der Waals surface area contributed by atoms with E-state index in [0.29, 0.717) is 17.1 Å². The van der Waals surface area contributed by atoms with Gasteiger partial charge in [-0.1, -0.05) is 11.6 Å². The number of anilines is 2.